The molecule has 15 nitrogen and oxygen atoms in total. The predicted octanol–water partition coefficient (Wildman–Crippen LogP) is -2.38. The number of aromatic nitrogens is 4. The van der Waals surface area contributed by atoms with Gasteiger partial charge in [-0.3, -0.25) is 13.7 Å². The lowest BCUT2D eigenvalue weighted by Gasteiger charge is -2.21. The van der Waals surface area contributed by atoms with Crippen molar-refractivity contribution in [2.75, 3.05) is 12.3 Å². The van der Waals surface area contributed by atoms with Crippen LogP contribution in [0.1, 0.15) is 6.23 Å². The van der Waals surface area contributed by atoms with E-state index in [1.807, 2.05) is 0 Å². The van der Waals surface area contributed by atoms with Crippen molar-refractivity contribution in [2.24, 2.45) is 0 Å². The summed E-state index contributed by atoms with van der Waals surface area (Å²) in [6, 6.07) is 0. The van der Waals surface area contributed by atoms with Crippen molar-refractivity contribution >= 4 is 32.6 Å². The fourth-order valence-electron chi connectivity index (χ4n) is 2.47. The van der Waals surface area contributed by atoms with Gasteiger partial charge in [-0.1, -0.05) is 0 Å². The molecule has 0 aliphatic carbocycles. The minimum absolute atomic E-state index is 0.0797. The number of nitrogens with zero attached hydrogens (tertiary/aromatic N) is 4. The number of hydrogen-bond donors (Lipinski definition) is 5. The molecule has 2 aromatic rings. The van der Waals surface area contributed by atoms with Gasteiger partial charge in [0.25, 0.3) is 7.82 Å². The summed E-state index contributed by atoms with van der Waals surface area (Å²) >= 11 is 0. The van der Waals surface area contributed by atoms with Gasteiger partial charge in [0.1, 0.15) is 30.2 Å². The fourth-order valence-corrected chi connectivity index (χ4v) is 4.04. The highest BCUT2D eigenvalue weighted by Crippen LogP contribution is 2.55. The molecule has 3 heterocycles. The van der Waals surface area contributed by atoms with Crippen LogP contribution in [0.3, 0.4) is 0 Å². The summed E-state index contributed by atoms with van der Waals surface area (Å²) in [4.78, 5) is 39.9. The quantitative estimate of drug-likeness (QED) is 0.303. The first-order valence-corrected chi connectivity index (χ1v) is 10.1. The molecule has 0 saturated carbocycles. The first kappa shape index (κ1) is 20.2. The molecule has 6 N–H and O–H groups in total. The molecule has 1 fully saturated rings. The van der Waals surface area contributed by atoms with E-state index in [1.54, 1.807) is 0 Å². The van der Waals surface area contributed by atoms with Crippen LogP contribution < -0.4 is 10.6 Å². The van der Waals surface area contributed by atoms with Crippen molar-refractivity contribution in [3.63, 3.8) is 0 Å². The summed E-state index contributed by atoms with van der Waals surface area (Å²) in [5.74, 6) is 0.0797. The van der Waals surface area contributed by atoms with Gasteiger partial charge in [0.15, 0.2) is 17.7 Å². The molecular weight excluding hydrogens is 412 g/mol. The number of rotatable bonds is 6. The molecule has 17 heteroatoms. The number of phosphoric ester groups is 1. The van der Waals surface area contributed by atoms with Gasteiger partial charge in [0, 0.05) is 0 Å². The number of imidazole rings is 1. The Morgan fingerprint density at radius 1 is 1.26 bits per heavy atom. The molecule has 1 aliphatic rings. The van der Waals surface area contributed by atoms with E-state index in [-0.39, 0.29) is 17.0 Å². The smallest absolute Gasteiger partial charge is 0.478 e. The Hall–Kier alpha value is -1.51. The Labute approximate surface area is 150 Å². The topological polar surface area (TPSA) is 235 Å². The van der Waals surface area contributed by atoms with Crippen molar-refractivity contribution in [3.05, 3.63) is 12.7 Å². The van der Waals surface area contributed by atoms with Crippen molar-refractivity contribution in [3.8, 4) is 0 Å². The largest absolute Gasteiger partial charge is 0.756 e. The fraction of sp³-hybridized carbons (Fsp3) is 0.500. The first-order chi connectivity index (χ1) is 12.5. The molecule has 2 aromatic heterocycles. The molecule has 1 aliphatic heterocycles. The Balaban J connectivity index is 1.75. The number of nitrogens with two attached hydrogens (primary N) is 1. The standard InChI is InChI=1S/C10H15N5O10P2/c11-8-5-9(13-2-12-8)15(3-14-5)10-7(17)6(16)4(24-10)1-23-27(21,22)25-26(18,19)20/h2-4,6-7,10,16-17H,1H2,(H,21,22)(H2,11,12,13)(H2,18,19,20)/p-1/t4-,6-,7-,10-/m1/s1. The van der Waals surface area contributed by atoms with Crippen LogP contribution in [0.5, 0.6) is 0 Å². The molecule has 1 saturated heterocycles. The number of ether oxygens (including phenoxy) is 1. The summed E-state index contributed by atoms with van der Waals surface area (Å²) in [5, 5.41) is 20.3. The molecule has 0 amide bonds. The van der Waals surface area contributed by atoms with Gasteiger partial charge in [0.05, 0.1) is 12.9 Å². The zero-order valence-electron chi connectivity index (χ0n) is 13.2. The molecular formula is C10H14N5O10P2-. The second kappa shape index (κ2) is 7.14. The van der Waals surface area contributed by atoms with E-state index in [1.165, 1.54) is 10.9 Å². The van der Waals surface area contributed by atoms with Gasteiger partial charge in [-0.25, -0.2) is 23.8 Å². The van der Waals surface area contributed by atoms with Gasteiger partial charge in [0.2, 0.25) is 0 Å². The zero-order valence-corrected chi connectivity index (χ0v) is 15.0. The van der Waals surface area contributed by atoms with Gasteiger partial charge in [-0.15, -0.1) is 0 Å². The maximum atomic E-state index is 11.4. The molecule has 2 unspecified atom stereocenters. The van der Waals surface area contributed by atoms with E-state index >= 15 is 0 Å². The Kier molecular flexibility index (Phi) is 5.35. The van der Waals surface area contributed by atoms with E-state index in [0.717, 1.165) is 6.33 Å². The van der Waals surface area contributed by atoms with Crippen LogP contribution in [0.15, 0.2) is 12.7 Å². The SMILES string of the molecule is Nc1ncnc2c1ncn2[C@@H]1O[C@H](COP(=O)(O)OP(=O)([O-])O)[C@@H](O)[C@H]1O. The number of nitrogen functional groups attached to an aromatic ring is 1. The van der Waals surface area contributed by atoms with E-state index in [2.05, 4.69) is 23.8 Å². The highest BCUT2D eigenvalue weighted by Gasteiger charge is 2.45. The first-order valence-electron chi connectivity index (χ1n) is 7.15. The van der Waals surface area contributed by atoms with Crippen LogP contribution in [0.2, 0.25) is 0 Å². The monoisotopic (exact) mass is 426 g/mol. The van der Waals surface area contributed by atoms with Gasteiger partial charge in [-0.2, -0.15) is 0 Å². The van der Waals surface area contributed by atoms with Gasteiger partial charge >= 0.3 is 7.82 Å². The molecule has 0 radical (unpaired) electrons. The molecule has 3 rings (SSSR count). The van der Waals surface area contributed by atoms with E-state index in [0.29, 0.717) is 0 Å². The third-order valence-electron chi connectivity index (χ3n) is 3.61. The van der Waals surface area contributed by atoms with E-state index in [4.69, 9.17) is 15.4 Å². The Morgan fingerprint density at radius 3 is 2.63 bits per heavy atom. The van der Waals surface area contributed by atoms with Crippen LogP contribution in [0, 0.1) is 0 Å². The molecule has 0 spiro atoms. The summed E-state index contributed by atoms with van der Waals surface area (Å²) in [7, 11) is -10.7. The Morgan fingerprint density at radius 2 is 1.96 bits per heavy atom. The van der Waals surface area contributed by atoms with Crippen LogP contribution in [-0.4, -0.2) is 64.4 Å². The number of aliphatic hydroxyl groups is 2. The molecule has 0 bridgehead atoms. The number of anilines is 1. The Bertz CT molecular complexity index is 932. The second-order valence-corrected chi connectivity index (χ2v) is 8.23. The zero-order chi connectivity index (χ0) is 20.0. The minimum atomic E-state index is -5.54. The average Bonchev–Trinajstić information content (AvgIpc) is 3.07. The van der Waals surface area contributed by atoms with Crippen LogP contribution in [-0.2, 0) is 22.7 Å². The average molecular weight is 426 g/mol. The molecule has 150 valence electrons. The summed E-state index contributed by atoms with van der Waals surface area (Å²) in [6.45, 7) is -0.841. The minimum Gasteiger partial charge on any atom is -0.756 e. The lowest BCUT2D eigenvalue weighted by atomic mass is 10.1. The van der Waals surface area contributed by atoms with Crippen molar-refractivity contribution in [1.29, 1.82) is 0 Å². The normalized spacial score (nSPS) is 30.3. The lowest BCUT2D eigenvalue weighted by Crippen LogP contribution is -2.33. The van der Waals surface area contributed by atoms with Gasteiger partial charge in [-0.05, 0) is 0 Å². The van der Waals surface area contributed by atoms with E-state index < -0.39 is 46.8 Å². The summed E-state index contributed by atoms with van der Waals surface area (Å²) in [5.41, 5.74) is 6.09. The van der Waals surface area contributed by atoms with Crippen molar-refractivity contribution in [1.82, 2.24) is 19.5 Å². The number of aliphatic hydroxyl groups excluding tert-OH is 2. The number of phosphoric acid groups is 2. The molecule has 6 atom stereocenters. The summed E-state index contributed by atoms with van der Waals surface area (Å²) in [6.07, 6.45) is -3.27. The third kappa shape index (κ3) is 4.33. The number of hydrogen-bond acceptors (Lipinski definition) is 12. The summed E-state index contributed by atoms with van der Waals surface area (Å²) < 4.78 is 36.5. The van der Waals surface area contributed by atoms with Crippen molar-refractivity contribution < 1.29 is 47.6 Å². The lowest BCUT2D eigenvalue weighted by molar-refractivity contribution is -0.212. The van der Waals surface area contributed by atoms with Gasteiger partial charge < -0.3 is 35.4 Å². The maximum Gasteiger partial charge on any atom is 0.478 e. The predicted molar refractivity (Wildman–Crippen MR) is 82.3 cm³/mol. The van der Waals surface area contributed by atoms with Crippen molar-refractivity contribution in [2.45, 2.75) is 24.5 Å². The third-order valence-corrected chi connectivity index (χ3v) is 5.73. The maximum absolute atomic E-state index is 11.4. The van der Waals surface area contributed by atoms with Crippen LogP contribution >= 0.6 is 15.6 Å². The molecule has 0 aromatic carbocycles. The highest BCUT2D eigenvalue weighted by atomic mass is 31.3. The van der Waals surface area contributed by atoms with Crippen LogP contribution in [0.4, 0.5) is 5.82 Å². The molecule has 27 heavy (non-hydrogen) atoms. The second-order valence-electron chi connectivity index (χ2n) is 5.44. The highest BCUT2D eigenvalue weighted by molar-refractivity contribution is 7.60. The number of fused-ring (bicyclic) bond motifs is 1. The van der Waals surface area contributed by atoms with Crippen LogP contribution in [0.25, 0.3) is 11.2 Å². The van der Waals surface area contributed by atoms with E-state index in [9.17, 15) is 29.1 Å².